The van der Waals surface area contributed by atoms with Crippen molar-refractivity contribution >= 4 is 38.8 Å². The largest absolute Gasteiger partial charge is 0.490 e. The van der Waals surface area contributed by atoms with Crippen LogP contribution in [0, 0.1) is 0 Å². The second kappa shape index (κ2) is 9.90. The van der Waals surface area contributed by atoms with Gasteiger partial charge in [0.1, 0.15) is 12.4 Å². The van der Waals surface area contributed by atoms with E-state index in [1.165, 1.54) is 4.09 Å². The number of piperazine rings is 1. The minimum atomic E-state index is -3.88. The lowest BCUT2D eigenvalue weighted by Gasteiger charge is -2.29. The van der Waals surface area contributed by atoms with Crippen LogP contribution in [0.1, 0.15) is 12.6 Å². The smallest absolute Gasteiger partial charge is 0.290 e. The van der Waals surface area contributed by atoms with Gasteiger partial charge in [-0.2, -0.15) is 17.6 Å². The third kappa shape index (κ3) is 4.40. The van der Waals surface area contributed by atoms with Crippen molar-refractivity contribution in [2.45, 2.75) is 18.2 Å². The van der Waals surface area contributed by atoms with Crippen LogP contribution in [-0.2, 0) is 21.2 Å². The first-order valence-electron chi connectivity index (χ1n) is 11.2. The fourth-order valence-electron chi connectivity index (χ4n) is 4.30. The lowest BCUT2D eigenvalue weighted by molar-refractivity contribution is -0.122. The second-order valence-electron chi connectivity index (χ2n) is 8.09. The number of ether oxygens (including phenoxy) is 1. The maximum absolute atomic E-state index is 13.6. The lowest BCUT2D eigenvalue weighted by atomic mass is 10.1. The molecular formula is C23H29N5O5S. The van der Waals surface area contributed by atoms with Crippen LogP contribution in [0.3, 0.4) is 0 Å². The van der Waals surface area contributed by atoms with E-state index < -0.39 is 10.0 Å². The van der Waals surface area contributed by atoms with Crippen molar-refractivity contribution in [3.63, 3.8) is 0 Å². The molecule has 0 radical (unpaired) electrons. The van der Waals surface area contributed by atoms with Gasteiger partial charge >= 0.3 is 0 Å². The van der Waals surface area contributed by atoms with Crippen LogP contribution >= 0.6 is 0 Å². The molecule has 2 N–H and O–H groups in total. The zero-order chi connectivity index (χ0) is 24.3. The maximum Gasteiger partial charge on any atom is 0.290 e. The number of carbonyl (C=O) groups is 1. The Morgan fingerprint density at radius 3 is 2.59 bits per heavy atom. The number of benzene rings is 2. The molecule has 10 nitrogen and oxygen atoms in total. The van der Waals surface area contributed by atoms with Crippen LogP contribution in [-0.4, -0.2) is 75.6 Å². The molecule has 0 aliphatic carbocycles. The molecule has 0 unspecified atom stereocenters. The van der Waals surface area contributed by atoms with E-state index in [1.807, 2.05) is 26.1 Å². The number of anilines is 2. The fourth-order valence-corrected chi connectivity index (χ4v) is 5.61. The maximum atomic E-state index is 13.6. The molecule has 0 saturated carbocycles. The lowest BCUT2D eigenvalue weighted by Crippen LogP contribution is -2.43. The molecule has 1 saturated heterocycles. The average molecular weight is 488 g/mol. The van der Waals surface area contributed by atoms with Gasteiger partial charge in [-0.05, 0) is 36.8 Å². The molecule has 0 bridgehead atoms. The number of fused-ring (bicyclic) bond motifs is 2. The van der Waals surface area contributed by atoms with E-state index in [9.17, 15) is 8.42 Å². The summed E-state index contributed by atoms with van der Waals surface area (Å²) in [6, 6.07) is 11.1. The summed E-state index contributed by atoms with van der Waals surface area (Å²) in [7, 11) is -1.90. The first-order valence-corrected chi connectivity index (χ1v) is 12.6. The Hall–Kier alpha value is -3.31. The van der Waals surface area contributed by atoms with E-state index in [1.54, 1.807) is 18.2 Å². The highest BCUT2D eigenvalue weighted by molar-refractivity contribution is 7.90. The summed E-state index contributed by atoms with van der Waals surface area (Å²) in [6.07, 6.45) is 0.657. The van der Waals surface area contributed by atoms with Crippen molar-refractivity contribution in [1.29, 1.82) is 0 Å². The van der Waals surface area contributed by atoms with Gasteiger partial charge in [-0.3, -0.25) is 4.79 Å². The number of nitrogens with zero attached hydrogens (tertiary/aromatic N) is 4. The number of hydrogen-bond acceptors (Lipinski definition) is 8. The summed E-state index contributed by atoms with van der Waals surface area (Å²) in [6.45, 7) is 6.67. The minimum Gasteiger partial charge on any atom is -0.490 e. The minimum absolute atomic E-state index is 0.182. The van der Waals surface area contributed by atoms with Gasteiger partial charge in [-0.1, -0.05) is 6.92 Å². The number of rotatable bonds is 4. The third-order valence-electron chi connectivity index (χ3n) is 6.08. The van der Waals surface area contributed by atoms with Crippen molar-refractivity contribution in [2.75, 3.05) is 56.2 Å². The van der Waals surface area contributed by atoms with E-state index >= 15 is 0 Å². The SMILES string of the molecule is CCc1nn(S(=O)(=O)c2ccc3c(c2)OCCN3C)c2cc(N3CCNCC3)ccc12.O=CO. The van der Waals surface area contributed by atoms with Gasteiger partial charge in [-0.15, -0.1) is 0 Å². The highest BCUT2D eigenvalue weighted by atomic mass is 32.2. The predicted molar refractivity (Wildman–Crippen MR) is 131 cm³/mol. The Kier molecular flexibility index (Phi) is 6.94. The number of aromatic nitrogens is 2. The molecule has 11 heteroatoms. The standard InChI is InChI=1S/C22H27N5O3S.CH2O2/c1-3-19-18-6-4-16(26-10-8-23-9-11-26)14-21(18)27(24-19)31(28,29)17-5-7-20-22(15-17)30-13-12-25(20)2;2-1-3/h4-7,14-15,23H,3,8-13H2,1-2H3;1H,(H,2,3). The van der Waals surface area contributed by atoms with Crippen molar-refractivity contribution in [1.82, 2.24) is 14.5 Å². The monoisotopic (exact) mass is 487 g/mol. The molecule has 1 aromatic heterocycles. The third-order valence-corrected chi connectivity index (χ3v) is 7.66. The number of hydrogen-bond donors (Lipinski definition) is 2. The van der Waals surface area contributed by atoms with Crippen LogP contribution in [0.5, 0.6) is 5.75 Å². The molecule has 3 aromatic rings. The number of nitrogens with one attached hydrogen (secondary N) is 1. The summed E-state index contributed by atoms with van der Waals surface area (Å²) in [5.41, 5.74) is 3.30. The summed E-state index contributed by atoms with van der Waals surface area (Å²) in [5.74, 6) is 0.587. The van der Waals surface area contributed by atoms with Crippen LogP contribution in [0.2, 0.25) is 0 Å². The molecule has 2 aliphatic rings. The molecule has 0 amide bonds. The Labute approximate surface area is 198 Å². The van der Waals surface area contributed by atoms with Gasteiger partial charge in [0.05, 0.1) is 28.3 Å². The van der Waals surface area contributed by atoms with Crippen molar-refractivity contribution in [3.05, 3.63) is 42.1 Å². The Morgan fingerprint density at radius 2 is 1.88 bits per heavy atom. The Bertz CT molecular complexity index is 1280. The topological polar surface area (TPSA) is 117 Å². The fraction of sp³-hybridized carbons (Fsp3) is 0.391. The Morgan fingerprint density at radius 1 is 1.15 bits per heavy atom. The summed E-state index contributed by atoms with van der Waals surface area (Å²) in [4.78, 5) is 12.9. The molecule has 0 spiro atoms. The number of aryl methyl sites for hydroxylation is 1. The molecular weight excluding hydrogens is 458 g/mol. The highest BCUT2D eigenvalue weighted by Crippen LogP contribution is 2.34. The molecule has 0 atom stereocenters. The number of carboxylic acid groups (broad SMARTS) is 1. The van der Waals surface area contributed by atoms with E-state index in [4.69, 9.17) is 14.6 Å². The molecule has 3 heterocycles. The molecule has 2 aromatic carbocycles. The second-order valence-corrected chi connectivity index (χ2v) is 9.86. The van der Waals surface area contributed by atoms with Crippen LogP contribution < -0.4 is 19.9 Å². The summed E-state index contributed by atoms with van der Waals surface area (Å²) in [5, 5.41) is 15.6. The van der Waals surface area contributed by atoms with Gasteiger partial charge in [0.2, 0.25) is 0 Å². The van der Waals surface area contributed by atoms with Crippen molar-refractivity contribution < 1.29 is 23.1 Å². The molecule has 182 valence electrons. The average Bonchev–Trinajstić information content (AvgIpc) is 3.24. The van der Waals surface area contributed by atoms with E-state index in [-0.39, 0.29) is 11.4 Å². The van der Waals surface area contributed by atoms with Gasteiger partial charge in [-0.25, -0.2) is 0 Å². The van der Waals surface area contributed by atoms with Crippen molar-refractivity contribution in [2.24, 2.45) is 0 Å². The van der Waals surface area contributed by atoms with E-state index in [0.717, 1.165) is 55.2 Å². The van der Waals surface area contributed by atoms with Gasteiger partial charge in [0, 0.05) is 50.4 Å². The van der Waals surface area contributed by atoms with Gasteiger partial charge in [0.15, 0.2) is 0 Å². The summed E-state index contributed by atoms with van der Waals surface area (Å²) >= 11 is 0. The zero-order valence-corrected chi connectivity index (χ0v) is 20.1. The highest BCUT2D eigenvalue weighted by Gasteiger charge is 2.26. The predicted octanol–water partition coefficient (Wildman–Crippen LogP) is 1.77. The summed E-state index contributed by atoms with van der Waals surface area (Å²) < 4.78 is 34.2. The number of likely N-dealkylation sites (N-methyl/N-ethyl adjacent to an activating group) is 1. The van der Waals surface area contributed by atoms with Gasteiger partial charge < -0.3 is 25.0 Å². The Balaban J connectivity index is 0.000000868. The molecule has 5 rings (SSSR count). The van der Waals surface area contributed by atoms with Crippen LogP contribution in [0.25, 0.3) is 10.9 Å². The quantitative estimate of drug-likeness (QED) is 0.531. The van der Waals surface area contributed by atoms with Crippen LogP contribution in [0.4, 0.5) is 11.4 Å². The van der Waals surface area contributed by atoms with Crippen LogP contribution in [0.15, 0.2) is 41.3 Å². The molecule has 34 heavy (non-hydrogen) atoms. The van der Waals surface area contributed by atoms with Crippen molar-refractivity contribution in [3.8, 4) is 5.75 Å². The first-order chi connectivity index (χ1) is 16.4. The normalized spacial score (nSPS) is 15.8. The zero-order valence-electron chi connectivity index (χ0n) is 19.3. The van der Waals surface area contributed by atoms with Gasteiger partial charge in [0.25, 0.3) is 16.5 Å². The molecule has 1 fully saturated rings. The molecule has 2 aliphatic heterocycles. The van der Waals surface area contributed by atoms with E-state index in [0.29, 0.717) is 24.3 Å². The van der Waals surface area contributed by atoms with E-state index in [2.05, 4.69) is 26.3 Å². The first kappa shape index (κ1) is 23.8.